The molecule has 0 bridgehead atoms. The SMILES string of the molecule is Cc1cc(C(Br)c2cc3ccc(F)cc3s2)c(C)cc1Br. The zero-order valence-electron chi connectivity index (χ0n) is 11.6. The fraction of sp³-hybridized carbons (Fsp3) is 0.176. The van der Waals surface area contributed by atoms with Gasteiger partial charge in [0.1, 0.15) is 5.82 Å². The first-order chi connectivity index (χ1) is 9.95. The molecule has 0 fully saturated rings. The van der Waals surface area contributed by atoms with Crippen LogP contribution < -0.4 is 0 Å². The van der Waals surface area contributed by atoms with E-state index in [2.05, 4.69) is 63.9 Å². The Balaban J connectivity index is 2.07. The first kappa shape index (κ1) is 15.2. The van der Waals surface area contributed by atoms with Crippen LogP contribution in [0.1, 0.15) is 26.4 Å². The molecule has 0 aliphatic carbocycles. The summed E-state index contributed by atoms with van der Waals surface area (Å²) in [5, 5.41) is 1.09. The normalized spacial score (nSPS) is 12.8. The molecule has 1 unspecified atom stereocenters. The molecule has 2 aromatic carbocycles. The predicted molar refractivity (Wildman–Crippen MR) is 96.2 cm³/mol. The zero-order valence-corrected chi connectivity index (χ0v) is 15.6. The highest BCUT2D eigenvalue weighted by Crippen LogP contribution is 2.40. The van der Waals surface area contributed by atoms with Gasteiger partial charge >= 0.3 is 0 Å². The predicted octanol–water partition coefficient (Wildman–Crippen LogP) is 6.90. The fourth-order valence-corrected chi connectivity index (χ4v) is 4.83. The summed E-state index contributed by atoms with van der Waals surface area (Å²) in [5.41, 5.74) is 3.70. The lowest BCUT2D eigenvalue weighted by atomic mass is 10.0. The third-order valence-electron chi connectivity index (χ3n) is 3.57. The van der Waals surface area contributed by atoms with Gasteiger partial charge in [0.05, 0.1) is 4.83 Å². The van der Waals surface area contributed by atoms with Crippen molar-refractivity contribution < 1.29 is 4.39 Å². The van der Waals surface area contributed by atoms with E-state index in [9.17, 15) is 4.39 Å². The third-order valence-corrected chi connectivity index (χ3v) is 6.88. The minimum Gasteiger partial charge on any atom is -0.207 e. The van der Waals surface area contributed by atoms with Crippen LogP contribution in [0.2, 0.25) is 0 Å². The minimum atomic E-state index is -0.183. The number of hydrogen-bond donors (Lipinski definition) is 0. The molecule has 21 heavy (non-hydrogen) atoms. The summed E-state index contributed by atoms with van der Waals surface area (Å²) in [5.74, 6) is -0.183. The highest BCUT2D eigenvalue weighted by molar-refractivity contribution is 9.10. The maximum Gasteiger partial charge on any atom is 0.124 e. The molecule has 0 spiro atoms. The van der Waals surface area contributed by atoms with Crippen molar-refractivity contribution in [1.29, 1.82) is 0 Å². The van der Waals surface area contributed by atoms with Gasteiger partial charge in [-0.2, -0.15) is 0 Å². The van der Waals surface area contributed by atoms with Gasteiger partial charge in [0.25, 0.3) is 0 Å². The van der Waals surface area contributed by atoms with Gasteiger partial charge in [-0.05, 0) is 60.2 Å². The number of thiophene rings is 1. The molecule has 0 N–H and O–H groups in total. The van der Waals surface area contributed by atoms with Crippen molar-refractivity contribution in [2.45, 2.75) is 18.7 Å². The first-order valence-electron chi connectivity index (χ1n) is 6.55. The van der Waals surface area contributed by atoms with Crippen molar-refractivity contribution in [2.75, 3.05) is 0 Å². The van der Waals surface area contributed by atoms with Crippen LogP contribution in [0.25, 0.3) is 10.1 Å². The Kier molecular flexibility index (Phi) is 4.21. The van der Waals surface area contributed by atoms with Crippen LogP contribution in [0.3, 0.4) is 0 Å². The fourth-order valence-electron chi connectivity index (χ4n) is 2.38. The van der Waals surface area contributed by atoms with E-state index in [0.717, 1.165) is 14.6 Å². The number of hydrogen-bond acceptors (Lipinski definition) is 1. The number of alkyl halides is 1. The number of rotatable bonds is 2. The topological polar surface area (TPSA) is 0 Å². The Morgan fingerprint density at radius 2 is 1.81 bits per heavy atom. The van der Waals surface area contributed by atoms with Crippen LogP contribution >= 0.6 is 43.2 Å². The number of aryl methyl sites for hydroxylation is 2. The van der Waals surface area contributed by atoms with Crippen molar-refractivity contribution in [1.82, 2.24) is 0 Å². The van der Waals surface area contributed by atoms with Crippen molar-refractivity contribution in [3.8, 4) is 0 Å². The second-order valence-electron chi connectivity index (χ2n) is 5.15. The summed E-state index contributed by atoms with van der Waals surface area (Å²) in [6.45, 7) is 4.20. The molecular formula is C17H13Br2FS. The average molecular weight is 428 g/mol. The highest BCUT2D eigenvalue weighted by Gasteiger charge is 2.17. The van der Waals surface area contributed by atoms with Gasteiger partial charge in [-0.3, -0.25) is 0 Å². The van der Waals surface area contributed by atoms with Gasteiger partial charge in [0.15, 0.2) is 0 Å². The van der Waals surface area contributed by atoms with Gasteiger partial charge in [0.2, 0.25) is 0 Å². The Hall–Kier alpha value is -0.710. The molecule has 1 aromatic heterocycles. The summed E-state index contributed by atoms with van der Waals surface area (Å²) in [7, 11) is 0. The van der Waals surface area contributed by atoms with Crippen molar-refractivity contribution in [3.63, 3.8) is 0 Å². The third kappa shape index (κ3) is 2.94. The molecule has 0 radical (unpaired) electrons. The first-order valence-corrected chi connectivity index (χ1v) is 9.08. The molecule has 0 amide bonds. The molecule has 108 valence electrons. The van der Waals surface area contributed by atoms with Crippen molar-refractivity contribution in [2.24, 2.45) is 0 Å². The van der Waals surface area contributed by atoms with E-state index in [1.54, 1.807) is 17.4 Å². The van der Waals surface area contributed by atoms with Gasteiger partial charge in [-0.15, -0.1) is 11.3 Å². The summed E-state index contributed by atoms with van der Waals surface area (Å²) in [4.78, 5) is 1.32. The summed E-state index contributed by atoms with van der Waals surface area (Å²) < 4.78 is 15.4. The Bertz CT molecular complexity index is 823. The molecule has 1 atom stereocenters. The van der Waals surface area contributed by atoms with Crippen LogP contribution in [0.15, 0.2) is 40.9 Å². The van der Waals surface area contributed by atoms with E-state index in [1.807, 2.05) is 6.07 Å². The maximum atomic E-state index is 13.3. The van der Waals surface area contributed by atoms with E-state index in [-0.39, 0.29) is 10.6 Å². The molecule has 0 nitrogen and oxygen atoms in total. The number of halogens is 3. The second kappa shape index (κ2) is 5.82. The van der Waals surface area contributed by atoms with Gasteiger partial charge in [0, 0.05) is 14.0 Å². The van der Waals surface area contributed by atoms with Crippen molar-refractivity contribution >= 4 is 53.3 Å². The van der Waals surface area contributed by atoms with E-state index >= 15 is 0 Å². The maximum absolute atomic E-state index is 13.3. The number of fused-ring (bicyclic) bond motifs is 1. The lowest BCUT2D eigenvalue weighted by Gasteiger charge is -2.13. The second-order valence-corrected chi connectivity index (χ2v) is 8.04. The number of benzene rings is 2. The molecule has 1 heterocycles. The van der Waals surface area contributed by atoms with Crippen LogP contribution in [0, 0.1) is 19.7 Å². The lowest BCUT2D eigenvalue weighted by molar-refractivity contribution is 0.630. The minimum absolute atomic E-state index is 0.129. The molecule has 0 aliphatic rings. The highest BCUT2D eigenvalue weighted by atomic mass is 79.9. The standard InChI is InChI=1S/C17H13Br2FS/c1-9-6-14(18)10(2)5-13(9)17(19)16-7-11-3-4-12(20)8-15(11)21-16/h3-8,17H,1-2H3. The van der Waals surface area contributed by atoms with Gasteiger partial charge in [-0.25, -0.2) is 4.39 Å². The lowest BCUT2D eigenvalue weighted by Crippen LogP contribution is -1.95. The Morgan fingerprint density at radius 3 is 2.57 bits per heavy atom. The molecular weight excluding hydrogens is 415 g/mol. The largest absolute Gasteiger partial charge is 0.207 e. The van der Waals surface area contributed by atoms with E-state index in [0.29, 0.717) is 0 Å². The van der Waals surface area contributed by atoms with Crippen LogP contribution in [0.4, 0.5) is 4.39 Å². The quantitative estimate of drug-likeness (QED) is 0.390. The summed E-state index contributed by atoms with van der Waals surface area (Å²) in [6, 6.07) is 11.4. The van der Waals surface area contributed by atoms with E-state index in [4.69, 9.17) is 0 Å². The monoisotopic (exact) mass is 426 g/mol. The molecule has 3 aromatic rings. The van der Waals surface area contributed by atoms with E-state index < -0.39 is 0 Å². The summed E-state index contributed by atoms with van der Waals surface area (Å²) >= 11 is 9.00. The smallest absolute Gasteiger partial charge is 0.124 e. The van der Waals surface area contributed by atoms with Crippen LogP contribution in [-0.4, -0.2) is 0 Å². The summed E-state index contributed by atoms with van der Waals surface area (Å²) in [6.07, 6.45) is 0. The van der Waals surface area contributed by atoms with E-state index in [1.165, 1.54) is 27.6 Å². The average Bonchev–Trinajstić information content (AvgIpc) is 2.85. The molecule has 0 aliphatic heterocycles. The molecule has 3 rings (SSSR count). The van der Waals surface area contributed by atoms with Crippen molar-refractivity contribution in [3.05, 3.63) is 68.3 Å². The van der Waals surface area contributed by atoms with Gasteiger partial charge < -0.3 is 0 Å². The van der Waals surface area contributed by atoms with Gasteiger partial charge in [-0.1, -0.05) is 44.0 Å². The Labute approximate surface area is 144 Å². The Morgan fingerprint density at radius 1 is 1.05 bits per heavy atom. The molecule has 4 heteroatoms. The molecule has 0 saturated carbocycles. The van der Waals surface area contributed by atoms with Crippen LogP contribution in [-0.2, 0) is 0 Å². The zero-order chi connectivity index (χ0) is 15.1. The molecule has 0 saturated heterocycles. The van der Waals surface area contributed by atoms with Crippen LogP contribution in [0.5, 0.6) is 0 Å².